The van der Waals surface area contributed by atoms with Crippen LogP contribution in [0.3, 0.4) is 0 Å². The molecule has 1 saturated heterocycles. The Balaban J connectivity index is 1.89. The van der Waals surface area contributed by atoms with Crippen LogP contribution < -0.4 is 14.9 Å². The highest BCUT2D eigenvalue weighted by atomic mass is 32.2. The molecule has 1 aromatic carbocycles. The van der Waals surface area contributed by atoms with E-state index in [1.54, 1.807) is 23.8 Å². The van der Waals surface area contributed by atoms with Gasteiger partial charge in [-0.3, -0.25) is 4.79 Å². The van der Waals surface area contributed by atoms with Gasteiger partial charge >= 0.3 is 5.97 Å². The van der Waals surface area contributed by atoms with Gasteiger partial charge in [0.1, 0.15) is 5.56 Å². The summed E-state index contributed by atoms with van der Waals surface area (Å²) in [5.41, 5.74) is 0.992. The zero-order chi connectivity index (χ0) is 23.0. The third-order valence-electron chi connectivity index (χ3n) is 6.05. The molecule has 0 saturated carbocycles. The fourth-order valence-corrected chi connectivity index (χ4v) is 6.28. The Bertz CT molecular complexity index is 1220. The molecule has 1 N–H and O–H groups in total. The largest absolute Gasteiger partial charge is 0.493 e. The lowest BCUT2D eigenvalue weighted by Crippen LogP contribution is -2.37. The average Bonchev–Trinajstić information content (AvgIpc) is 2.75. The van der Waals surface area contributed by atoms with Gasteiger partial charge in [0, 0.05) is 49.9 Å². The molecule has 1 fully saturated rings. The van der Waals surface area contributed by atoms with E-state index >= 15 is 0 Å². The number of pyridine rings is 1. The van der Waals surface area contributed by atoms with E-state index in [0.717, 1.165) is 5.56 Å². The van der Waals surface area contributed by atoms with Crippen LogP contribution in [0.4, 0.5) is 0 Å². The van der Waals surface area contributed by atoms with Crippen molar-refractivity contribution in [1.82, 2.24) is 4.57 Å². The Labute approximate surface area is 185 Å². The van der Waals surface area contributed by atoms with Gasteiger partial charge in [-0.15, -0.1) is 0 Å². The molecule has 0 radical (unpaired) electrons. The first kappa shape index (κ1) is 22.3. The fraction of sp³-hybridized carbons (Fsp3) is 0.455. The van der Waals surface area contributed by atoms with Crippen LogP contribution in [0, 0.1) is 0 Å². The lowest BCUT2D eigenvalue weighted by Gasteiger charge is -2.40. The second kappa shape index (κ2) is 8.59. The van der Waals surface area contributed by atoms with Gasteiger partial charge in [-0.2, -0.15) is 0 Å². The van der Waals surface area contributed by atoms with Crippen molar-refractivity contribution in [3.05, 3.63) is 45.7 Å². The first-order valence-electron chi connectivity index (χ1n) is 10.3. The summed E-state index contributed by atoms with van der Waals surface area (Å²) in [6.45, 7) is 0.936. The van der Waals surface area contributed by atoms with Gasteiger partial charge in [0.2, 0.25) is 0 Å². The van der Waals surface area contributed by atoms with E-state index in [9.17, 15) is 23.1 Å². The van der Waals surface area contributed by atoms with Crippen LogP contribution in [0.15, 0.2) is 29.2 Å². The van der Waals surface area contributed by atoms with Gasteiger partial charge in [-0.1, -0.05) is 0 Å². The standard InChI is InChI=1S/C22H25NO8S/c1-29-5-3-6-31-21-8-13-14(9-20(21)30-2)18-10-19(24)15(22(25)26)11-23(18)17-4-7-32(27,28)12-16(13)17/h8-11,16-17H,3-7,12H2,1-2H3,(H,25,26)/t16-,17+/m1/s1. The predicted octanol–water partition coefficient (Wildman–Crippen LogP) is 2.09. The molecule has 9 nitrogen and oxygen atoms in total. The minimum absolute atomic E-state index is 0.00794. The van der Waals surface area contributed by atoms with Crippen molar-refractivity contribution in [3.8, 4) is 22.8 Å². The molecule has 0 aliphatic carbocycles. The number of nitrogens with zero attached hydrogens (tertiary/aromatic N) is 1. The molecule has 2 atom stereocenters. The average molecular weight is 464 g/mol. The van der Waals surface area contributed by atoms with Crippen LogP contribution >= 0.6 is 0 Å². The predicted molar refractivity (Wildman–Crippen MR) is 117 cm³/mol. The number of aromatic nitrogens is 1. The van der Waals surface area contributed by atoms with Gasteiger partial charge in [0.05, 0.1) is 30.9 Å². The maximum absolute atomic E-state index is 12.5. The van der Waals surface area contributed by atoms with Crippen molar-refractivity contribution in [2.45, 2.75) is 24.8 Å². The van der Waals surface area contributed by atoms with E-state index in [0.29, 0.717) is 48.8 Å². The highest BCUT2D eigenvalue weighted by Gasteiger charge is 2.41. The zero-order valence-electron chi connectivity index (χ0n) is 17.9. The highest BCUT2D eigenvalue weighted by molar-refractivity contribution is 7.91. The number of ether oxygens (including phenoxy) is 3. The molecular weight excluding hydrogens is 438 g/mol. The maximum Gasteiger partial charge on any atom is 0.341 e. The maximum atomic E-state index is 12.5. The molecule has 10 heteroatoms. The monoisotopic (exact) mass is 463 g/mol. The van der Waals surface area contributed by atoms with Gasteiger partial charge in [-0.05, 0) is 24.1 Å². The second-order valence-electron chi connectivity index (χ2n) is 8.01. The summed E-state index contributed by atoms with van der Waals surface area (Å²) in [7, 11) is -0.155. The van der Waals surface area contributed by atoms with Crippen molar-refractivity contribution >= 4 is 15.8 Å². The van der Waals surface area contributed by atoms with Crippen molar-refractivity contribution in [1.29, 1.82) is 0 Å². The first-order valence-corrected chi connectivity index (χ1v) is 12.1. The minimum Gasteiger partial charge on any atom is -0.493 e. The Morgan fingerprint density at radius 1 is 1.19 bits per heavy atom. The number of rotatable bonds is 7. The van der Waals surface area contributed by atoms with Crippen molar-refractivity contribution in [2.24, 2.45) is 0 Å². The van der Waals surface area contributed by atoms with Crippen LogP contribution in [-0.4, -0.2) is 63.0 Å². The Hall–Kier alpha value is -2.85. The molecule has 2 aliphatic heterocycles. The minimum atomic E-state index is -3.27. The third-order valence-corrected chi connectivity index (χ3v) is 7.78. The van der Waals surface area contributed by atoms with E-state index in [2.05, 4.69) is 0 Å². The first-order chi connectivity index (χ1) is 15.3. The Morgan fingerprint density at radius 2 is 1.97 bits per heavy atom. The van der Waals surface area contributed by atoms with E-state index in [-0.39, 0.29) is 23.1 Å². The molecule has 4 rings (SSSR count). The summed E-state index contributed by atoms with van der Waals surface area (Å²) < 4.78 is 43.1. The summed E-state index contributed by atoms with van der Waals surface area (Å²) >= 11 is 0. The van der Waals surface area contributed by atoms with E-state index in [1.165, 1.54) is 19.4 Å². The number of methoxy groups -OCH3 is 2. The summed E-state index contributed by atoms with van der Waals surface area (Å²) in [5.74, 6) is -0.829. The molecular formula is C22H25NO8S. The van der Waals surface area contributed by atoms with Crippen molar-refractivity contribution in [3.63, 3.8) is 0 Å². The SMILES string of the molecule is COCCCOc1cc2c(cc1OC)-c1cc(=O)c(C(=O)O)cn1[C@H]1CCS(=O)(=O)C[C@H]21. The summed E-state index contributed by atoms with van der Waals surface area (Å²) in [6.07, 6.45) is 2.34. The summed E-state index contributed by atoms with van der Waals surface area (Å²) in [4.78, 5) is 24.0. The number of aromatic carboxylic acids is 1. The summed E-state index contributed by atoms with van der Waals surface area (Å²) in [5, 5.41) is 9.43. The molecule has 3 heterocycles. The molecule has 0 bridgehead atoms. The molecule has 0 amide bonds. The topological polar surface area (TPSA) is 121 Å². The molecule has 172 valence electrons. The second-order valence-corrected chi connectivity index (χ2v) is 10.2. The molecule has 2 aromatic rings. The van der Waals surface area contributed by atoms with Gasteiger partial charge in [0.25, 0.3) is 0 Å². The van der Waals surface area contributed by atoms with E-state index in [1.807, 2.05) is 0 Å². The molecule has 1 aromatic heterocycles. The van der Waals surface area contributed by atoms with Gasteiger partial charge in [0.15, 0.2) is 26.8 Å². The van der Waals surface area contributed by atoms with Crippen LogP contribution in [0.25, 0.3) is 11.3 Å². The number of fused-ring (bicyclic) bond motifs is 6. The van der Waals surface area contributed by atoms with E-state index in [4.69, 9.17) is 14.2 Å². The number of carboxylic acids is 1. The van der Waals surface area contributed by atoms with E-state index < -0.39 is 27.2 Å². The number of benzene rings is 1. The number of hydrogen-bond donors (Lipinski definition) is 1. The third kappa shape index (κ3) is 4.00. The normalized spacial score (nSPS) is 20.6. The number of hydrogen-bond acceptors (Lipinski definition) is 7. The fourth-order valence-electron chi connectivity index (χ4n) is 4.56. The van der Waals surface area contributed by atoms with Gasteiger partial charge < -0.3 is 23.9 Å². The van der Waals surface area contributed by atoms with Gasteiger partial charge in [-0.25, -0.2) is 13.2 Å². The number of carbonyl (C=O) groups is 1. The Kier molecular flexibility index (Phi) is 6.00. The lowest BCUT2D eigenvalue weighted by atomic mass is 9.82. The van der Waals surface area contributed by atoms with Crippen molar-refractivity contribution in [2.75, 3.05) is 38.9 Å². The van der Waals surface area contributed by atoms with Crippen LogP contribution in [0.2, 0.25) is 0 Å². The molecule has 2 aliphatic rings. The highest BCUT2D eigenvalue weighted by Crippen LogP contribution is 2.49. The molecule has 0 spiro atoms. The van der Waals surface area contributed by atoms with Crippen LogP contribution in [0.1, 0.15) is 40.7 Å². The molecule has 0 unspecified atom stereocenters. The van der Waals surface area contributed by atoms with Crippen molar-refractivity contribution < 1.29 is 32.5 Å². The molecule has 32 heavy (non-hydrogen) atoms. The smallest absolute Gasteiger partial charge is 0.341 e. The zero-order valence-corrected chi connectivity index (χ0v) is 18.7. The number of carboxylic acid groups (broad SMARTS) is 1. The Morgan fingerprint density at radius 3 is 2.66 bits per heavy atom. The summed E-state index contributed by atoms with van der Waals surface area (Å²) in [6, 6.07) is 4.54. The quantitative estimate of drug-likeness (QED) is 0.620. The number of sulfone groups is 1. The van der Waals surface area contributed by atoms with Crippen LogP contribution in [0.5, 0.6) is 11.5 Å². The lowest BCUT2D eigenvalue weighted by molar-refractivity contribution is 0.0694. The van der Waals surface area contributed by atoms with Crippen LogP contribution in [-0.2, 0) is 14.6 Å².